The summed E-state index contributed by atoms with van der Waals surface area (Å²) in [4.78, 5) is 13.0. The van der Waals surface area contributed by atoms with Gasteiger partial charge in [0, 0.05) is 16.8 Å². The number of rotatable bonds is 6. The van der Waals surface area contributed by atoms with Crippen molar-refractivity contribution in [3.63, 3.8) is 0 Å². The van der Waals surface area contributed by atoms with Gasteiger partial charge in [0.15, 0.2) is 0 Å². The van der Waals surface area contributed by atoms with E-state index in [4.69, 9.17) is 0 Å². The first-order valence-corrected chi connectivity index (χ1v) is 12.1. The van der Waals surface area contributed by atoms with Gasteiger partial charge in [0.1, 0.15) is 0 Å². The van der Waals surface area contributed by atoms with Crippen molar-refractivity contribution >= 4 is 33.4 Å². The van der Waals surface area contributed by atoms with Gasteiger partial charge < -0.3 is 5.32 Å². The van der Waals surface area contributed by atoms with Crippen LogP contribution in [0.3, 0.4) is 0 Å². The largest absolute Gasteiger partial charge is 0.322 e. The number of aromatic nitrogens is 4. The van der Waals surface area contributed by atoms with E-state index in [2.05, 4.69) is 25.6 Å². The van der Waals surface area contributed by atoms with Gasteiger partial charge in [-0.1, -0.05) is 23.9 Å². The first-order chi connectivity index (χ1) is 14.5. The number of amides is 1. The van der Waals surface area contributed by atoms with Crippen LogP contribution in [0.1, 0.15) is 36.7 Å². The van der Waals surface area contributed by atoms with Crippen LogP contribution in [0, 0.1) is 6.92 Å². The van der Waals surface area contributed by atoms with Crippen LogP contribution in [-0.4, -0.2) is 46.3 Å². The molecule has 0 aliphatic carbocycles. The molecule has 1 heterocycles. The number of anilines is 1. The molecule has 31 heavy (non-hydrogen) atoms. The molecule has 0 fully saturated rings. The SMILES string of the molecule is CSc1nnnn1-c1cccc(NC(=O)c2cc(S(=O)(=O)NC(C)(C)C)ccc2C)c1. The normalized spacial score (nSPS) is 12.0. The third kappa shape index (κ3) is 5.49. The molecule has 0 aliphatic heterocycles. The molecule has 0 saturated carbocycles. The fourth-order valence-corrected chi connectivity index (χ4v) is 4.73. The number of nitrogens with zero attached hydrogens (tertiary/aromatic N) is 4. The lowest BCUT2D eigenvalue weighted by Gasteiger charge is -2.20. The molecule has 0 aliphatic rings. The Morgan fingerprint density at radius 2 is 1.87 bits per heavy atom. The Balaban J connectivity index is 1.88. The van der Waals surface area contributed by atoms with E-state index in [0.29, 0.717) is 22.1 Å². The predicted molar refractivity (Wildman–Crippen MR) is 120 cm³/mol. The fourth-order valence-electron chi connectivity index (χ4n) is 2.86. The van der Waals surface area contributed by atoms with Crippen LogP contribution in [0.5, 0.6) is 0 Å². The number of sulfonamides is 1. The van der Waals surface area contributed by atoms with Crippen molar-refractivity contribution < 1.29 is 13.2 Å². The van der Waals surface area contributed by atoms with Crippen LogP contribution in [0.2, 0.25) is 0 Å². The van der Waals surface area contributed by atoms with Gasteiger partial charge >= 0.3 is 0 Å². The second-order valence-corrected chi connectivity index (χ2v) is 10.4. The van der Waals surface area contributed by atoms with Gasteiger partial charge in [-0.25, -0.2) is 13.1 Å². The molecule has 164 valence electrons. The molecule has 0 radical (unpaired) electrons. The summed E-state index contributed by atoms with van der Waals surface area (Å²) < 4.78 is 29.5. The Bertz CT molecular complexity index is 1220. The zero-order valence-electron chi connectivity index (χ0n) is 17.9. The molecule has 2 aromatic carbocycles. The van der Waals surface area contributed by atoms with Gasteiger partial charge in [0.2, 0.25) is 15.2 Å². The van der Waals surface area contributed by atoms with Crippen LogP contribution in [0.4, 0.5) is 5.69 Å². The summed E-state index contributed by atoms with van der Waals surface area (Å²) in [6.45, 7) is 7.02. The Morgan fingerprint density at radius 3 is 2.55 bits per heavy atom. The van der Waals surface area contributed by atoms with Crippen LogP contribution in [-0.2, 0) is 10.0 Å². The minimum absolute atomic E-state index is 0.0326. The van der Waals surface area contributed by atoms with Crippen molar-refractivity contribution in [1.29, 1.82) is 0 Å². The number of hydrogen-bond acceptors (Lipinski definition) is 7. The molecular weight excluding hydrogens is 436 g/mol. The van der Waals surface area contributed by atoms with Crippen LogP contribution < -0.4 is 10.0 Å². The van der Waals surface area contributed by atoms with E-state index in [1.165, 1.54) is 23.9 Å². The maximum absolute atomic E-state index is 12.9. The van der Waals surface area contributed by atoms with Crippen molar-refractivity contribution in [1.82, 2.24) is 24.9 Å². The molecule has 0 spiro atoms. The molecule has 2 N–H and O–H groups in total. The predicted octanol–water partition coefficient (Wildman–Crippen LogP) is 3.02. The number of aryl methyl sites for hydroxylation is 1. The van der Waals surface area contributed by atoms with E-state index in [9.17, 15) is 13.2 Å². The van der Waals surface area contributed by atoms with E-state index in [-0.39, 0.29) is 10.5 Å². The van der Waals surface area contributed by atoms with Crippen molar-refractivity contribution in [2.24, 2.45) is 0 Å². The van der Waals surface area contributed by atoms with Crippen molar-refractivity contribution in [3.05, 3.63) is 53.6 Å². The minimum atomic E-state index is -3.77. The molecule has 3 rings (SSSR count). The quantitative estimate of drug-likeness (QED) is 0.543. The van der Waals surface area contributed by atoms with Crippen molar-refractivity contribution in [2.75, 3.05) is 11.6 Å². The molecular formula is C20H24N6O3S2. The topological polar surface area (TPSA) is 119 Å². The van der Waals surface area contributed by atoms with Gasteiger partial charge in [-0.3, -0.25) is 4.79 Å². The maximum atomic E-state index is 12.9. The highest BCUT2D eigenvalue weighted by Crippen LogP contribution is 2.21. The van der Waals surface area contributed by atoms with Gasteiger partial charge in [-0.15, -0.1) is 5.10 Å². The van der Waals surface area contributed by atoms with Gasteiger partial charge in [-0.05, 0) is 80.3 Å². The standard InChI is InChI=1S/C20H24N6O3S2/c1-13-9-10-16(31(28,29)23-20(2,3)4)12-17(13)18(27)21-14-7-6-8-15(11-14)26-19(30-5)22-24-25-26/h6-12,23H,1-5H3,(H,21,27). The third-order valence-electron chi connectivity index (χ3n) is 4.18. The van der Waals surface area contributed by atoms with E-state index in [1.54, 1.807) is 56.6 Å². The first kappa shape index (κ1) is 22.9. The number of carbonyl (C=O) groups excluding carboxylic acids is 1. The van der Waals surface area contributed by atoms with Crippen LogP contribution >= 0.6 is 11.8 Å². The molecule has 0 saturated heterocycles. The Morgan fingerprint density at radius 1 is 1.13 bits per heavy atom. The summed E-state index contributed by atoms with van der Waals surface area (Å²) >= 11 is 1.40. The number of nitrogens with one attached hydrogen (secondary N) is 2. The third-order valence-corrected chi connectivity index (χ3v) is 6.55. The summed E-state index contributed by atoms with van der Waals surface area (Å²) in [6.07, 6.45) is 1.87. The Hall–Kier alpha value is -2.76. The summed E-state index contributed by atoms with van der Waals surface area (Å²) in [7, 11) is -3.77. The molecule has 3 aromatic rings. The monoisotopic (exact) mass is 460 g/mol. The summed E-state index contributed by atoms with van der Waals surface area (Å²) in [6, 6.07) is 11.6. The first-order valence-electron chi connectivity index (χ1n) is 9.39. The zero-order chi connectivity index (χ0) is 22.8. The fraction of sp³-hybridized carbons (Fsp3) is 0.300. The number of benzene rings is 2. The van der Waals surface area contributed by atoms with Crippen molar-refractivity contribution in [3.8, 4) is 5.69 Å². The average molecular weight is 461 g/mol. The molecule has 0 atom stereocenters. The highest BCUT2D eigenvalue weighted by atomic mass is 32.2. The molecule has 11 heteroatoms. The van der Waals surface area contributed by atoms with E-state index in [1.807, 2.05) is 12.3 Å². The highest BCUT2D eigenvalue weighted by Gasteiger charge is 2.23. The number of hydrogen-bond donors (Lipinski definition) is 2. The molecule has 0 bridgehead atoms. The number of thioether (sulfide) groups is 1. The lowest BCUT2D eigenvalue weighted by atomic mass is 10.1. The van der Waals surface area contributed by atoms with Gasteiger partial charge in [-0.2, -0.15) is 4.68 Å². The van der Waals surface area contributed by atoms with E-state index >= 15 is 0 Å². The average Bonchev–Trinajstić information content (AvgIpc) is 3.15. The Labute approximate surface area is 185 Å². The van der Waals surface area contributed by atoms with Crippen LogP contribution in [0.25, 0.3) is 5.69 Å². The molecule has 1 amide bonds. The Kier molecular flexibility index (Phi) is 6.48. The number of carbonyl (C=O) groups is 1. The highest BCUT2D eigenvalue weighted by molar-refractivity contribution is 7.98. The second kappa shape index (κ2) is 8.77. The van der Waals surface area contributed by atoms with E-state index in [0.717, 1.165) is 0 Å². The number of tetrazole rings is 1. The summed E-state index contributed by atoms with van der Waals surface area (Å²) in [5.74, 6) is -0.413. The van der Waals surface area contributed by atoms with Gasteiger partial charge in [0.05, 0.1) is 10.6 Å². The van der Waals surface area contributed by atoms with Gasteiger partial charge in [0.25, 0.3) is 5.91 Å². The molecule has 1 aromatic heterocycles. The summed E-state index contributed by atoms with van der Waals surface area (Å²) in [5, 5.41) is 15.0. The zero-order valence-corrected chi connectivity index (χ0v) is 19.5. The smallest absolute Gasteiger partial charge is 0.255 e. The maximum Gasteiger partial charge on any atom is 0.255 e. The lowest BCUT2D eigenvalue weighted by molar-refractivity contribution is 0.102. The minimum Gasteiger partial charge on any atom is -0.322 e. The molecule has 0 unspecified atom stereocenters. The van der Waals surface area contributed by atoms with Crippen LogP contribution in [0.15, 0.2) is 52.5 Å². The van der Waals surface area contributed by atoms with Crippen molar-refractivity contribution in [2.45, 2.75) is 43.3 Å². The second-order valence-electron chi connectivity index (χ2n) is 7.91. The lowest BCUT2D eigenvalue weighted by Crippen LogP contribution is -2.40. The summed E-state index contributed by atoms with van der Waals surface area (Å²) in [5.41, 5.74) is 1.52. The molecule has 9 nitrogen and oxygen atoms in total. The van der Waals surface area contributed by atoms with E-state index < -0.39 is 21.5 Å².